The second-order valence-corrected chi connectivity index (χ2v) is 6.22. The lowest BCUT2D eigenvalue weighted by molar-refractivity contribution is 0.0663. The fourth-order valence-electron chi connectivity index (χ4n) is 2.42. The number of hydrogen-bond donors (Lipinski definition) is 0. The molecule has 2 aromatic carbocycles. The molecule has 1 atom stereocenters. The zero-order valence-corrected chi connectivity index (χ0v) is 15.0. The molecule has 4 nitrogen and oxygen atoms in total. The van der Waals surface area contributed by atoms with Gasteiger partial charge in [0.05, 0.1) is 13.7 Å². The Morgan fingerprint density at radius 3 is 2.32 bits per heavy atom. The topological polar surface area (TPSA) is 44.2 Å². The van der Waals surface area contributed by atoms with Gasteiger partial charge in [-0.3, -0.25) is 0 Å². The van der Waals surface area contributed by atoms with Gasteiger partial charge in [-0.15, -0.1) is 0 Å². The van der Waals surface area contributed by atoms with Crippen LogP contribution in [0.2, 0.25) is 10.0 Å². The Morgan fingerprint density at radius 2 is 1.68 bits per heavy atom. The van der Waals surface area contributed by atoms with Crippen LogP contribution >= 0.6 is 23.2 Å². The van der Waals surface area contributed by atoms with Gasteiger partial charge in [0.1, 0.15) is 18.2 Å². The van der Waals surface area contributed by atoms with E-state index in [9.17, 15) is 0 Å². The molecule has 0 aliphatic heterocycles. The Labute approximate surface area is 156 Å². The highest BCUT2D eigenvalue weighted by molar-refractivity contribution is 6.35. The maximum absolute atomic E-state index is 6.24. The lowest BCUT2D eigenvalue weighted by Crippen LogP contribution is -2.08. The van der Waals surface area contributed by atoms with Crippen molar-refractivity contribution in [3.05, 3.63) is 87.9 Å². The van der Waals surface area contributed by atoms with Gasteiger partial charge in [-0.1, -0.05) is 41.4 Å². The molecule has 0 saturated heterocycles. The summed E-state index contributed by atoms with van der Waals surface area (Å²) < 4.78 is 11.4. The number of nitrogens with zero attached hydrogens (tertiary/aromatic N) is 2. The first-order valence-corrected chi connectivity index (χ1v) is 8.37. The lowest BCUT2D eigenvalue weighted by atomic mass is 10.0. The molecule has 3 rings (SSSR count). The Balaban J connectivity index is 1.86. The van der Waals surface area contributed by atoms with Crippen LogP contribution in [0.25, 0.3) is 0 Å². The number of rotatable bonds is 6. The largest absolute Gasteiger partial charge is 0.497 e. The minimum Gasteiger partial charge on any atom is -0.497 e. The van der Waals surface area contributed by atoms with Crippen LogP contribution in [0.1, 0.15) is 22.8 Å². The predicted molar refractivity (Wildman–Crippen MR) is 98.1 cm³/mol. The van der Waals surface area contributed by atoms with Crippen LogP contribution in [0, 0.1) is 0 Å². The van der Waals surface area contributed by atoms with E-state index >= 15 is 0 Å². The van der Waals surface area contributed by atoms with E-state index in [1.165, 1.54) is 6.33 Å². The zero-order chi connectivity index (χ0) is 17.6. The second kappa shape index (κ2) is 8.30. The quantitative estimate of drug-likeness (QED) is 0.601. The summed E-state index contributed by atoms with van der Waals surface area (Å²) in [7, 11) is 1.64. The van der Waals surface area contributed by atoms with E-state index < -0.39 is 0 Å². The van der Waals surface area contributed by atoms with Gasteiger partial charge in [-0.05, 0) is 35.4 Å². The summed E-state index contributed by atoms with van der Waals surface area (Å²) in [6, 6.07) is 13.1. The van der Waals surface area contributed by atoms with E-state index in [-0.39, 0.29) is 6.10 Å². The highest BCUT2D eigenvalue weighted by atomic mass is 35.5. The van der Waals surface area contributed by atoms with Crippen molar-refractivity contribution >= 4 is 23.2 Å². The first kappa shape index (κ1) is 17.7. The van der Waals surface area contributed by atoms with Gasteiger partial charge < -0.3 is 9.47 Å². The molecule has 6 heteroatoms. The molecule has 0 aliphatic carbocycles. The van der Waals surface area contributed by atoms with Crippen molar-refractivity contribution in [3.8, 4) is 5.75 Å². The van der Waals surface area contributed by atoms with E-state index in [4.69, 9.17) is 32.7 Å². The average Bonchev–Trinajstić information content (AvgIpc) is 2.65. The smallest absolute Gasteiger partial charge is 0.118 e. The SMILES string of the molecule is COc1ccc(C(OCc2ccc(Cl)cc2Cl)c2cncnc2)cc1. The molecular weight excluding hydrogens is 359 g/mol. The summed E-state index contributed by atoms with van der Waals surface area (Å²) >= 11 is 12.2. The molecule has 0 spiro atoms. The van der Waals surface area contributed by atoms with Crippen molar-refractivity contribution in [1.29, 1.82) is 0 Å². The summed E-state index contributed by atoms with van der Waals surface area (Å²) in [5.74, 6) is 0.785. The minimum absolute atomic E-state index is 0.321. The van der Waals surface area contributed by atoms with E-state index in [0.29, 0.717) is 16.7 Å². The van der Waals surface area contributed by atoms with Gasteiger partial charge >= 0.3 is 0 Å². The Morgan fingerprint density at radius 1 is 0.960 bits per heavy atom. The molecule has 0 bridgehead atoms. The van der Waals surface area contributed by atoms with Gasteiger partial charge in [0.25, 0.3) is 0 Å². The minimum atomic E-state index is -0.321. The van der Waals surface area contributed by atoms with Crippen LogP contribution in [0.3, 0.4) is 0 Å². The average molecular weight is 375 g/mol. The summed E-state index contributed by atoms with van der Waals surface area (Å²) in [6.07, 6.45) is 4.65. The Kier molecular flexibility index (Phi) is 5.87. The number of hydrogen-bond acceptors (Lipinski definition) is 4. The van der Waals surface area contributed by atoms with Crippen LogP contribution in [-0.4, -0.2) is 17.1 Å². The van der Waals surface area contributed by atoms with E-state index in [1.54, 1.807) is 31.6 Å². The van der Waals surface area contributed by atoms with Crippen molar-refractivity contribution < 1.29 is 9.47 Å². The molecule has 0 amide bonds. The molecule has 0 N–H and O–H groups in total. The maximum Gasteiger partial charge on any atom is 0.118 e. The monoisotopic (exact) mass is 374 g/mol. The first-order chi connectivity index (χ1) is 12.2. The highest BCUT2D eigenvalue weighted by Crippen LogP contribution is 2.29. The molecule has 0 radical (unpaired) electrons. The van der Waals surface area contributed by atoms with E-state index in [0.717, 1.165) is 22.4 Å². The van der Waals surface area contributed by atoms with E-state index in [2.05, 4.69) is 9.97 Å². The van der Waals surface area contributed by atoms with Crippen LogP contribution in [0.15, 0.2) is 61.2 Å². The van der Waals surface area contributed by atoms with Crippen molar-refractivity contribution in [3.63, 3.8) is 0 Å². The fraction of sp³-hybridized carbons (Fsp3) is 0.158. The highest BCUT2D eigenvalue weighted by Gasteiger charge is 2.16. The molecule has 25 heavy (non-hydrogen) atoms. The lowest BCUT2D eigenvalue weighted by Gasteiger charge is -2.19. The summed E-state index contributed by atoms with van der Waals surface area (Å²) in [6.45, 7) is 0.335. The fourth-order valence-corrected chi connectivity index (χ4v) is 2.88. The van der Waals surface area contributed by atoms with Gasteiger partial charge in [0, 0.05) is 28.0 Å². The van der Waals surface area contributed by atoms with Crippen molar-refractivity contribution in [1.82, 2.24) is 9.97 Å². The van der Waals surface area contributed by atoms with Crippen LogP contribution in [-0.2, 0) is 11.3 Å². The molecule has 3 aromatic rings. The molecule has 0 aliphatic rings. The predicted octanol–water partition coefficient (Wildman–Crippen LogP) is 5.10. The van der Waals surface area contributed by atoms with Gasteiger partial charge in [-0.25, -0.2) is 9.97 Å². The summed E-state index contributed by atoms with van der Waals surface area (Å²) in [4.78, 5) is 8.18. The van der Waals surface area contributed by atoms with Crippen LogP contribution < -0.4 is 4.74 Å². The maximum atomic E-state index is 6.24. The molecule has 1 unspecified atom stereocenters. The molecule has 1 aromatic heterocycles. The first-order valence-electron chi connectivity index (χ1n) is 7.62. The van der Waals surface area contributed by atoms with Gasteiger partial charge in [0.15, 0.2) is 0 Å². The van der Waals surface area contributed by atoms with Crippen molar-refractivity contribution in [2.45, 2.75) is 12.7 Å². The number of benzene rings is 2. The third kappa shape index (κ3) is 4.48. The third-order valence-corrected chi connectivity index (χ3v) is 4.31. The summed E-state index contributed by atoms with van der Waals surface area (Å²) in [5.41, 5.74) is 2.69. The Hall–Kier alpha value is -2.14. The van der Waals surface area contributed by atoms with Crippen molar-refractivity contribution in [2.75, 3.05) is 7.11 Å². The van der Waals surface area contributed by atoms with Crippen LogP contribution in [0.5, 0.6) is 5.75 Å². The molecule has 0 fully saturated rings. The van der Waals surface area contributed by atoms with Crippen LogP contribution in [0.4, 0.5) is 0 Å². The van der Waals surface area contributed by atoms with E-state index in [1.807, 2.05) is 30.3 Å². The van der Waals surface area contributed by atoms with Gasteiger partial charge in [-0.2, -0.15) is 0 Å². The van der Waals surface area contributed by atoms with Gasteiger partial charge in [0.2, 0.25) is 0 Å². The molecule has 0 saturated carbocycles. The zero-order valence-electron chi connectivity index (χ0n) is 13.5. The number of halogens is 2. The number of ether oxygens (including phenoxy) is 2. The third-order valence-electron chi connectivity index (χ3n) is 3.72. The van der Waals surface area contributed by atoms with Crippen molar-refractivity contribution in [2.24, 2.45) is 0 Å². The second-order valence-electron chi connectivity index (χ2n) is 5.37. The molecular formula is C19H16Cl2N2O2. The molecule has 1 heterocycles. The number of aromatic nitrogens is 2. The summed E-state index contributed by atoms with van der Waals surface area (Å²) in [5, 5.41) is 1.17. The molecule has 128 valence electrons. The Bertz CT molecular complexity index is 827. The number of methoxy groups -OCH3 is 1. The normalized spacial score (nSPS) is 12.0. The standard InChI is InChI=1S/C19H16Cl2N2O2/c1-24-17-6-3-13(4-7-17)19(15-9-22-12-23-10-15)25-11-14-2-5-16(20)8-18(14)21/h2-10,12,19H,11H2,1H3.